The number of hydrogen-bond acceptors (Lipinski definition) is 2. The molecule has 6 heteroatoms. The van der Waals surface area contributed by atoms with Crippen LogP contribution in [0.4, 0.5) is 13.2 Å². The number of hydrogen-bond donors (Lipinski definition) is 0. The molecule has 0 amide bonds. The smallest absolute Gasteiger partial charge is 0.253 e. The molecule has 1 aliphatic rings. The summed E-state index contributed by atoms with van der Waals surface area (Å²) < 4.78 is 36.3. The van der Waals surface area contributed by atoms with Gasteiger partial charge in [-0.05, 0) is 0 Å². The van der Waals surface area contributed by atoms with Gasteiger partial charge in [-0.3, -0.25) is 4.99 Å². The highest BCUT2D eigenvalue weighted by Crippen LogP contribution is 2.28. The molecule has 0 spiro atoms. The Morgan fingerprint density at radius 3 is 2.50 bits per heavy atom. The average molecular weight is 199 g/mol. The van der Waals surface area contributed by atoms with Gasteiger partial charge in [-0.15, -0.1) is 0 Å². The third kappa shape index (κ3) is 1.77. The van der Waals surface area contributed by atoms with Crippen LogP contribution in [0.5, 0.6) is 0 Å². The van der Waals surface area contributed by atoms with E-state index < -0.39 is 23.3 Å². The predicted octanol–water partition coefficient (Wildman–Crippen LogP) is 2.23. The lowest BCUT2D eigenvalue weighted by atomic mass is 10.0. The largest absolute Gasteiger partial charge is 0.429 e. The summed E-state index contributed by atoms with van der Waals surface area (Å²) in [6.07, 6.45) is -3.56. The summed E-state index contributed by atoms with van der Waals surface area (Å²) in [5.41, 5.74) is -1.73. The topological polar surface area (TPSA) is 24.7 Å². The summed E-state index contributed by atoms with van der Waals surface area (Å²) in [4.78, 5) is 6.68. The Morgan fingerprint density at radius 2 is 2.08 bits per heavy atom. The van der Waals surface area contributed by atoms with Gasteiger partial charge in [0.2, 0.25) is 0 Å². The summed E-state index contributed by atoms with van der Waals surface area (Å²) in [7, 11) is 0. The minimum absolute atomic E-state index is 0.848. The fraction of sp³-hybridized carbons (Fsp3) is 0.667. The molecule has 2 atom stereocenters. The molecule has 2 nitrogen and oxygen atoms in total. The zero-order chi connectivity index (χ0) is 9.35. The van der Waals surface area contributed by atoms with Crippen LogP contribution in [-0.4, -0.2) is 23.7 Å². The molecule has 12 heavy (non-hydrogen) atoms. The van der Waals surface area contributed by atoms with E-state index in [2.05, 4.69) is 9.98 Å². The molecule has 1 aliphatic heterocycles. The first kappa shape index (κ1) is 9.51. The van der Waals surface area contributed by atoms with Crippen molar-refractivity contribution in [2.75, 3.05) is 0 Å². The average Bonchev–Trinajstić information content (AvgIpc) is 1.92. The van der Waals surface area contributed by atoms with Gasteiger partial charge in [-0.25, -0.2) is 4.99 Å². The minimum atomic E-state index is -4.40. The van der Waals surface area contributed by atoms with Gasteiger partial charge >= 0.3 is 6.18 Å². The molecule has 0 aromatic heterocycles. The number of aliphatic imine (C=N–C) groups is 2. The van der Waals surface area contributed by atoms with Crippen LogP contribution in [-0.2, 0) is 0 Å². The predicted molar refractivity (Wildman–Crippen MR) is 40.8 cm³/mol. The molecule has 0 aromatic rings. The van der Waals surface area contributed by atoms with Crippen LogP contribution >= 0.6 is 11.6 Å². The SMILES string of the molecule is CC1C(C(F)(F)F)=NC=NC1Cl. The Morgan fingerprint density at radius 1 is 1.50 bits per heavy atom. The Bertz CT molecular complexity index is 233. The van der Waals surface area contributed by atoms with Crippen molar-refractivity contribution in [2.45, 2.75) is 18.6 Å². The minimum Gasteiger partial charge on any atom is -0.253 e. The molecule has 0 N–H and O–H groups in total. The first-order valence-corrected chi connectivity index (χ1v) is 3.67. The number of halogens is 4. The van der Waals surface area contributed by atoms with Gasteiger partial charge in [0.05, 0.1) is 0 Å². The molecule has 0 aliphatic carbocycles. The van der Waals surface area contributed by atoms with E-state index >= 15 is 0 Å². The van der Waals surface area contributed by atoms with Crippen molar-refractivity contribution >= 4 is 23.7 Å². The zero-order valence-electron chi connectivity index (χ0n) is 6.14. The highest BCUT2D eigenvalue weighted by atomic mass is 35.5. The lowest BCUT2D eigenvalue weighted by Gasteiger charge is -2.21. The van der Waals surface area contributed by atoms with Crippen LogP contribution in [0.3, 0.4) is 0 Å². The first-order chi connectivity index (χ1) is 5.43. The maximum atomic E-state index is 12.1. The highest BCUT2D eigenvalue weighted by molar-refractivity contribution is 6.23. The summed E-state index contributed by atoms with van der Waals surface area (Å²) in [6.45, 7) is 1.35. The highest BCUT2D eigenvalue weighted by Gasteiger charge is 2.42. The second-order valence-electron chi connectivity index (χ2n) is 2.44. The van der Waals surface area contributed by atoms with Crippen molar-refractivity contribution in [1.82, 2.24) is 0 Å². The molecule has 0 saturated heterocycles. The lowest BCUT2D eigenvalue weighted by molar-refractivity contribution is -0.0626. The van der Waals surface area contributed by atoms with E-state index in [-0.39, 0.29) is 0 Å². The van der Waals surface area contributed by atoms with Crippen LogP contribution in [0.25, 0.3) is 0 Å². The van der Waals surface area contributed by atoms with Gasteiger partial charge in [0, 0.05) is 5.92 Å². The fourth-order valence-electron chi connectivity index (χ4n) is 0.868. The zero-order valence-corrected chi connectivity index (χ0v) is 6.89. The monoisotopic (exact) mass is 198 g/mol. The first-order valence-electron chi connectivity index (χ1n) is 3.23. The summed E-state index contributed by atoms with van der Waals surface area (Å²) in [5.74, 6) is -0.878. The van der Waals surface area contributed by atoms with Crippen LogP contribution in [0, 0.1) is 5.92 Å². The van der Waals surface area contributed by atoms with Crippen LogP contribution < -0.4 is 0 Å². The normalized spacial score (nSPS) is 30.2. The third-order valence-electron chi connectivity index (χ3n) is 1.54. The van der Waals surface area contributed by atoms with Crippen molar-refractivity contribution in [3.8, 4) is 0 Å². The molecule has 0 aromatic carbocycles. The molecule has 68 valence electrons. The Kier molecular flexibility index (Phi) is 2.41. The number of rotatable bonds is 0. The Hall–Kier alpha value is -0.580. The van der Waals surface area contributed by atoms with Gasteiger partial charge in [-0.1, -0.05) is 18.5 Å². The van der Waals surface area contributed by atoms with E-state index in [4.69, 9.17) is 11.6 Å². The standard InChI is InChI=1S/C6H6ClF3N2/c1-3-4(6(8,9)10)11-2-12-5(3)7/h2-3,5H,1H3. The molecule has 2 unspecified atom stereocenters. The van der Waals surface area contributed by atoms with Gasteiger partial charge in [0.1, 0.15) is 17.6 Å². The van der Waals surface area contributed by atoms with Gasteiger partial charge in [-0.2, -0.15) is 13.2 Å². The van der Waals surface area contributed by atoms with Crippen LogP contribution in [0.15, 0.2) is 9.98 Å². The molecular weight excluding hydrogens is 193 g/mol. The summed E-state index contributed by atoms with van der Waals surface area (Å²) >= 11 is 5.49. The van der Waals surface area contributed by atoms with E-state index in [1.807, 2.05) is 0 Å². The summed E-state index contributed by atoms with van der Waals surface area (Å²) in [6, 6.07) is 0. The van der Waals surface area contributed by atoms with Crippen molar-refractivity contribution in [2.24, 2.45) is 15.9 Å². The molecule has 1 rings (SSSR count). The molecule has 0 saturated carbocycles. The molecular formula is C6H6ClF3N2. The Labute approximate surface area is 72.1 Å². The van der Waals surface area contributed by atoms with E-state index in [0.29, 0.717) is 0 Å². The number of alkyl halides is 4. The second-order valence-corrected chi connectivity index (χ2v) is 2.89. The van der Waals surface area contributed by atoms with E-state index in [1.54, 1.807) is 0 Å². The third-order valence-corrected chi connectivity index (χ3v) is 2.03. The van der Waals surface area contributed by atoms with Crippen molar-refractivity contribution in [1.29, 1.82) is 0 Å². The quantitative estimate of drug-likeness (QED) is 0.421. The summed E-state index contributed by atoms with van der Waals surface area (Å²) in [5, 5.41) is 0. The van der Waals surface area contributed by atoms with Crippen molar-refractivity contribution in [3.05, 3.63) is 0 Å². The van der Waals surface area contributed by atoms with Crippen molar-refractivity contribution < 1.29 is 13.2 Å². The van der Waals surface area contributed by atoms with Crippen LogP contribution in [0.1, 0.15) is 6.92 Å². The second kappa shape index (κ2) is 3.05. The van der Waals surface area contributed by atoms with E-state index in [0.717, 1.165) is 6.34 Å². The molecule has 0 radical (unpaired) electrons. The Balaban J connectivity index is 2.90. The van der Waals surface area contributed by atoms with E-state index in [1.165, 1.54) is 6.92 Å². The van der Waals surface area contributed by atoms with Crippen LogP contribution in [0.2, 0.25) is 0 Å². The molecule has 1 heterocycles. The maximum Gasteiger partial charge on any atom is 0.429 e. The molecule has 0 bridgehead atoms. The van der Waals surface area contributed by atoms with Crippen molar-refractivity contribution in [3.63, 3.8) is 0 Å². The lowest BCUT2D eigenvalue weighted by Crippen LogP contribution is -2.35. The van der Waals surface area contributed by atoms with Gasteiger partial charge < -0.3 is 0 Å². The van der Waals surface area contributed by atoms with Gasteiger partial charge in [0.25, 0.3) is 0 Å². The van der Waals surface area contributed by atoms with Gasteiger partial charge in [0.15, 0.2) is 0 Å². The molecule has 0 fully saturated rings. The number of nitrogens with zero attached hydrogens (tertiary/aromatic N) is 2. The fourth-order valence-corrected chi connectivity index (χ4v) is 1.04. The maximum absolute atomic E-state index is 12.1. The van der Waals surface area contributed by atoms with E-state index in [9.17, 15) is 13.2 Å².